The highest BCUT2D eigenvalue weighted by atomic mass is 32.2. The Kier molecular flexibility index (Phi) is 5.82. The first-order chi connectivity index (χ1) is 10.1. The minimum atomic E-state index is -3.11. The van der Waals surface area contributed by atoms with Crippen LogP contribution < -0.4 is 10.6 Å². The molecule has 0 bridgehead atoms. The lowest BCUT2D eigenvalue weighted by molar-refractivity contribution is 0.595. The fraction of sp³-hybridized carbons (Fsp3) is 0.500. The lowest BCUT2D eigenvalue weighted by Crippen LogP contribution is -2.21. The summed E-state index contributed by atoms with van der Waals surface area (Å²) in [5.41, 5.74) is 2.46. The normalized spacial score (nSPS) is 15.6. The average molecular weight is 308 g/mol. The van der Waals surface area contributed by atoms with Crippen LogP contribution in [0.1, 0.15) is 26.2 Å². The second-order valence-electron chi connectivity index (χ2n) is 5.34. The van der Waals surface area contributed by atoms with Crippen LogP contribution in [0.25, 0.3) is 0 Å². The van der Waals surface area contributed by atoms with Crippen LogP contribution in [0, 0.1) is 0 Å². The van der Waals surface area contributed by atoms with Crippen molar-refractivity contribution in [2.75, 3.05) is 30.7 Å². The van der Waals surface area contributed by atoms with Gasteiger partial charge in [-0.05, 0) is 50.1 Å². The Morgan fingerprint density at radius 3 is 2.62 bits per heavy atom. The third-order valence-electron chi connectivity index (χ3n) is 3.62. The van der Waals surface area contributed by atoms with Crippen molar-refractivity contribution in [2.24, 2.45) is 0 Å². The van der Waals surface area contributed by atoms with Crippen LogP contribution in [0.2, 0.25) is 0 Å². The Morgan fingerprint density at radius 2 is 2.00 bits per heavy atom. The third-order valence-corrected chi connectivity index (χ3v) is 5.56. The monoisotopic (exact) mass is 308 g/mol. The van der Waals surface area contributed by atoms with Crippen LogP contribution in [0.4, 0.5) is 5.69 Å². The van der Waals surface area contributed by atoms with Gasteiger partial charge in [0.15, 0.2) is 9.84 Å². The molecule has 0 fully saturated rings. The summed E-state index contributed by atoms with van der Waals surface area (Å²) in [7, 11) is -3.11. The molecule has 21 heavy (non-hydrogen) atoms. The molecule has 1 aliphatic rings. The van der Waals surface area contributed by atoms with Crippen molar-refractivity contribution >= 4 is 15.5 Å². The maximum absolute atomic E-state index is 11.9. The third kappa shape index (κ3) is 4.86. The first kappa shape index (κ1) is 16.0. The van der Waals surface area contributed by atoms with Crippen molar-refractivity contribution < 1.29 is 8.42 Å². The summed E-state index contributed by atoms with van der Waals surface area (Å²) in [6.45, 7) is 4.80. The molecular formula is C16H24N2O2S. The molecule has 0 saturated heterocycles. The number of hydrogen-bond donors (Lipinski definition) is 2. The van der Waals surface area contributed by atoms with E-state index in [1.807, 2.05) is 19.1 Å². The zero-order valence-electron chi connectivity index (χ0n) is 12.6. The highest BCUT2D eigenvalue weighted by Crippen LogP contribution is 2.17. The maximum atomic E-state index is 11.9. The zero-order chi connectivity index (χ0) is 15.1. The van der Waals surface area contributed by atoms with Gasteiger partial charge in [0, 0.05) is 18.8 Å². The lowest BCUT2D eigenvalue weighted by Gasteiger charge is -2.14. The summed E-state index contributed by atoms with van der Waals surface area (Å²) in [5, 5.41) is 6.65. The largest absolute Gasteiger partial charge is 0.385 e. The number of benzene rings is 1. The zero-order valence-corrected chi connectivity index (χ0v) is 13.4. The molecule has 0 radical (unpaired) electrons. The van der Waals surface area contributed by atoms with E-state index < -0.39 is 9.84 Å². The topological polar surface area (TPSA) is 58.2 Å². The van der Waals surface area contributed by atoms with E-state index in [1.165, 1.54) is 5.57 Å². The van der Waals surface area contributed by atoms with E-state index in [2.05, 4.69) is 16.7 Å². The van der Waals surface area contributed by atoms with Crippen molar-refractivity contribution in [3.63, 3.8) is 0 Å². The molecule has 1 aromatic rings. The first-order valence-electron chi connectivity index (χ1n) is 7.57. The number of anilines is 1. The fourth-order valence-corrected chi connectivity index (χ4v) is 3.75. The van der Waals surface area contributed by atoms with Gasteiger partial charge < -0.3 is 10.6 Å². The molecule has 4 nitrogen and oxygen atoms in total. The molecule has 0 aromatic heterocycles. The van der Waals surface area contributed by atoms with Crippen LogP contribution in [-0.4, -0.2) is 33.8 Å². The van der Waals surface area contributed by atoms with Crippen LogP contribution in [0.3, 0.4) is 0 Å². The van der Waals surface area contributed by atoms with Gasteiger partial charge in [-0.15, -0.1) is 0 Å². The SMILES string of the molecule is CCCS(=O)(=O)c1ccc(NCCC2=CCNCC2)cc1. The Bertz CT molecular complexity index is 577. The number of rotatable bonds is 7. The van der Waals surface area contributed by atoms with Gasteiger partial charge in [0.05, 0.1) is 10.6 Å². The van der Waals surface area contributed by atoms with E-state index in [0.717, 1.165) is 38.2 Å². The second-order valence-corrected chi connectivity index (χ2v) is 7.45. The Labute approximate surface area is 127 Å². The first-order valence-corrected chi connectivity index (χ1v) is 9.22. The summed E-state index contributed by atoms with van der Waals surface area (Å²) in [6, 6.07) is 7.08. The summed E-state index contributed by atoms with van der Waals surface area (Å²) >= 11 is 0. The van der Waals surface area contributed by atoms with E-state index in [-0.39, 0.29) is 5.75 Å². The molecule has 1 aliphatic heterocycles. The molecule has 0 aliphatic carbocycles. The molecule has 2 N–H and O–H groups in total. The quantitative estimate of drug-likeness (QED) is 0.760. The Hall–Kier alpha value is -1.33. The van der Waals surface area contributed by atoms with Gasteiger partial charge in [-0.25, -0.2) is 8.42 Å². The Balaban J connectivity index is 1.86. The molecular weight excluding hydrogens is 284 g/mol. The Morgan fingerprint density at radius 1 is 1.24 bits per heavy atom. The molecule has 116 valence electrons. The smallest absolute Gasteiger partial charge is 0.178 e. The predicted molar refractivity (Wildman–Crippen MR) is 87.5 cm³/mol. The second kappa shape index (κ2) is 7.61. The molecule has 5 heteroatoms. The molecule has 0 spiro atoms. The van der Waals surface area contributed by atoms with E-state index in [1.54, 1.807) is 12.1 Å². The predicted octanol–water partition coefficient (Wildman–Crippen LogP) is 2.59. The highest BCUT2D eigenvalue weighted by Gasteiger charge is 2.12. The van der Waals surface area contributed by atoms with Gasteiger partial charge in [-0.2, -0.15) is 0 Å². The molecule has 1 heterocycles. The molecule has 0 unspecified atom stereocenters. The number of hydrogen-bond acceptors (Lipinski definition) is 4. The minimum absolute atomic E-state index is 0.210. The highest BCUT2D eigenvalue weighted by molar-refractivity contribution is 7.91. The van der Waals surface area contributed by atoms with E-state index in [4.69, 9.17) is 0 Å². The van der Waals surface area contributed by atoms with Gasteiger partial charge >= 0.3 is 0 Å². The van der Waals surface area contributed by atoms with Gasteiger partial charge in [-0.3, -0.25) is 0 Å². The fourth-order valence-electron chi connectivity index (χ4n) is 2.43. The lowest BCUT2D eigenvalue weighted by atomic mass is 10.1. The average Bonchev–Trinajstić information content (AvgIpc) is 2.49. The maximum Gasteiger partial charge on any atom is 0.178 e. The molecule has 0 atom stereocenters. The van der Waals surface area contributed by atoms with Crippen molar-refractivity contribution in [3.05, 3.63) is 35.9 Å². The van der Waals surface area contributed by atoms with Crippen molar-refractivity contribution in [3.8, 4) is 0 Å². The molecule has 2 rings (SSSR count). The van der Waals surface area contributed by atoms with Gasteiger partial charge in [-0.1, -0.05) is 18.6 Å². The molecule has 0 saturated carbocycles. The standard InChI is InChI=1S/C16H24N2O2S/c1-2-13-21(19,20)16-5-3-15(4-6-16)18-12-9-14-7-10-17-11-8-14/h3-7,17-18H,2,8-13H2,1H3. The number of sulfone groups is 1. The van der Waals surface area contributed by atoms with E-state index in [0.29, 0.717) is 11.3 Å². The molecule has 1 aromatic carbocycles. The van der Waals surface area contributed by atoms with E-state index in [9.17, 15) is 8.42 Å². The van der Waals surface area contributed by atoms with Crippen molar-refractivity contribution in [1.29, 1.82) is 0 Å². The van der Waals surface area contributed by atoms with Gasteiger partial charge in [0.1, 0.15) is 0 Å². The summed E-state index contributed by atoms with van der Waals surface area (Å²) in [5.74, 6) is 0.210. The summed E-state index contributed by atoms with van der Waals surface area (Å²) < 4.78 is 23.9. The summed E-state index contributed by atoms with van der Waals surface area (Å²) in [4.78, 5) is 0.413. The van der Waals surface area contributed by atoms with Crippen LogP contribution >= 0.6 is 0 Å². The van der Waals surface area contributed by atoms with Crippen LogP contribution in [0.15, 0.2) is 40.8 Å². The van der Waals surface area contributed by atoms with Crippen molar-refractivity contribution in [2.45, 2.75) is 31.1 Å². The van der Waals surface area contributed by atoms with Crippen LogP contribution in [0.5, 0.6) is 0 Å². The minimum Gasteiger partial charge on any atom is -0.385 e. The number of nitrogens with one attached hydrogen (secondary N) is 2. The van der Waals surface area contributed by atoms with Crippen LogP contribution in [-0.2, 0) is 9.84 Å². The van der Waals surface area contributed by atoms with Gasteiger partial charge in [0.2, 0.25) is 0 Å². The summed E-state index contributed by atoms with van der Waals surface area (Å²) in [6.07, 6.45) is 5.06. The van der Waals surface area contributed by atoms with Gasteiger partial charge in [0.25, 0.3) is 0 Å². The van der Waals surface area contributed by atoms with Crippen molar-refractivity contribution in [1.82, 2.24) is 5.32 Å². The van der Waals surface area contributed by atoms with E-state index >= 15 is 0 Å². The molecule has 0 amide bonds.